The maximum Gasteiger partial charge on any atom is 0.323 e. The minimum absolute atomic E-state index is 0.00609. The van der Waals surface area contributed by atoms with Crippen LogP contribution in [0, 0.1) is 5.92 Å². The van der Waals surface area contributed by atoms with E-state index < -0.39 is 18.2 Å². The zero-order chi connectivity index (χ0) is 33.5. The third kappa shape index (κ3) is 8.11. The van der Waals surface area contributed by atoms with Gasteiger partial charge in [-0.2, -0.15) is 0 Å². The molecule has 0 unspecified atom stereocenters. The first-order chi connectivity index (χ1) is 22.6. The van der Waals surface area contributed by atoms with Crippen LogP contribution in [0.25, 0.3) is 10.8 Å². The minimum Gasteiger partial charge on any atom is -0.497 e. The number of ether oxygens (including phenoxy) is 2. The van der Waals surface area contributed by atoms with E-state index in [9.17, 15) is 19.5 Å². The summed E-state index contributed by atoms with van der Waals surface area (Å²) < 4.78 is 11.7. The van der Waals surface area contributed by atoms with E-state index in [0.29, 0.717) is 40.7 Å². The van der Waals surface area contributed by atoms with Crippen molar-refractivity contribution in [1.29, 1.82) is 0 Å². The number of methoxy groups -OCH3 is 1. The van der Waals surface area contributed by atoms with Gasteiger partial charge in [0.15, 0.2) is 0 Å². The number of hydrogen-bond donors (Lipinski definition) is 4. The number of likely N-dealkylation sites (N-methyl/N-ethyl adjacent to an activating group) is 1. The smallest absolute Gasteiger partial charge is 0.323 e. The molecular formula is C36H41N5O6. The number of anilines is 3. The van der Waals surface area contributed by atoms with Gasteiger partial charge in [-0.3, -0.25) is 4.79 Å². The molecule has 0 radical (unpaired) electrons. The standard InChI is InChI=1S/C36H41N5O6/c1-23-20-41(24(2)22-42)34(43)19-26-18-28(38-35(44)37-27-12-15-29(46-4)16-13-27)14-17-32(26)47-33(23)21-40(3)36(45)39-31-11-7-9-25-8-5-6-10-30(25)31/h5-18,23-24,33,42H,19-22H2,1-4H3,(H,39,45)(H2,37,38,44)/t23-,24+,33-/m1/s1. The molecule has 0 aromatic heterocycles. The molecule has 5 amide bonds. The fourth-order valence-electron chi connectivity index (χ4n) is 5.59. The number of aliphatic hydroxyl groups excluding tert-OH is 1. The number of hydrogen-bond acceptors (Lipinski definition) is 6. The number of aliphatic hydroxyl groups is 1. The lowest BCUT2D eigenvalue weighted by Gasteiger charge is -2.34. The first-order valence-corrected chi connectivity index (χ1v) is 15.6. The van der Waals surface area contributed by atoms with Crippen molar-refractivity contribution in [3.8, 4) is 11.5 Å². The molecular weight excluding hydrogens is 598 g/mol. The second kappa shape index (κ2) is 14.9. The van der Waals surface area contributed by atoms with E-state index in [-0.39, 0.29) is 37.4 Å². The Balaban J connectivity index is 1.35. The van der Waals surface area contributed by atoms with Gasteiger partial charge >= 0.3 is 12.1 Å². The Kier molecular flexibility index (Phi) is 10.5. The molecule has 5 rings (SSSR count). The first kappa shape index (κ1) is 33.1. The fourth-order valence-corrected chi connectivity index (χ4v) is 5.59. The molecule has 1 aliphatic rings. The highest BCUT2D eigenvalue weighted by molar-refractivity contribution is 6.01. The number of benzene rings is 4. The van der Waals surface area contributed by atoms with Crippen molar-refractivity contribution in [2.75, 3.05) is 49.8 Å². The van der Waals surface area contributed by atoms with E-state index in [1.165, 1.54) is 0 Å². The number of fused-ring (bicyclic) bond motifs is 2. The molecule has 4 aromatic rings. The molecule has 0 bridgehead atoms. The largest absolute Gasteiger partial charge is 0.497 e. The van der Waals surface area contributed by atoms with Crippen LogP contribution in [0.5, 0.6) is 11.5 Å². The van der Waals surface area contributed by atoms with Crippen molar-refractivity contribution in [2.24, 2.45) is 5.92 Å². The van der Waals surface area contributed by atoms with Gasteiger partial charge in [0.2, 0.25) is 5.91 Å². The molecule has 4 N–H and O–H groups in total. The average molecular weight is 640 g/mol. The van der Waals surface area contributed by atoms with Gasteiger partial charge in [-0.15, -0.1) is 0 Å². The summed E-state index contributed by atoms with van der Waals surface area (Å²) in [7, 11) is 3.28. The Morgan fingerprint density at radius 2 is 1.70 bits per heavy atom. The number of carbonyl (C=O) groups is 3. The molecule has 11 heteroatoms. The fraction of sp³-hybridized carbons (Fsp3) is 0.306. The van der Waals surface area contributed by atoms with Crippen LogP contribution < -0.4 is 25.4 Å². The lowest BCUT2D eigenvalue weighted by atomic mass is 10.0. The third-order valence-electron chi connectivity index (χ3n) is 8.35. The van der Waals surface area contributed by atoms with Gasteiger partial charge in [0.25, 0.3) is 0 Å². The van der Waals surface area contributed by atoms with Crippen LogP contribution >= 0.6 is 0 Å². The molecule has 1 heterocycles. The van der Waals surface area contributed by atoms with Crippen molar-refractivity contribution in [1.82, 2.24) is 9.80 Å². The molecule has 3 atom stereocenters. The summed E-state index contributed by atoms with van der Waals surface area (Å²) in [6.45, 7) is 4.13. The Morgan fingerprint density at radius 1 is 1.00 bits per heavy atom. The van der Waals surface area contributed by atoms with Gasteiger partial charge in [0.05, 0.1) is 38.4 Å². The van der Waals surface area contributed by atoms with Crippen LogP contribution in [0.4, 0.5) is 26.7 Å². The third-order valence-corrected chi connectivity index (χ3v) is 8.35. The second-order valence-electron chi connectivity index (χ2n) is 11.9. The van der Waals surface area contributed by atoms with Crippen LogP contribution in [0.15, 0.2) is 84.9 Å². The monoisotopic (exact) mass is 639 g/mol. The van der Waals surface area contributed by atoms with Gasteiger partial charge < -0.3 is 40.3 Å². The van der Waals surface area contributed by atoms with E-state index in [2.05, 4.69) is 16.0 Å². The van der Waals surface area contributed by atoms with Crippen molar-refractivity contribution >= 4 is 45.8 Å². The maximum atomic E-state index is 13.6. The normalized spacial score (nSPS) is 16.9. The molecule has 0 saturated heterocycles. The predicted octanol–water partition coefficient (Wildman–Crippen LogP) is 5.81. The van der Waals surface area contributed by atoms with E-state index in [4.69, 9.17) is 9.47 Å². The summed E-state index contributed by atoms with van der Waals surface area (Å²) in [4.78, 5) is 43.0. The Labute approximate surface area is 274 Å². The molecule has 1 aliphatic heterocycles. The van der Waals surface area contributed by atoms with Gasteiger partial charge in [0, 0.05) is 41.8 Å². The SMILES string of the molecule is COc1ccc(NC(=O)Nc2ccc3c(c2)CC(=O)N([C@@H](C)CO)C[C@@H](C)[C@@H](CN(C)C(=O)Nc2cccc4ccccc24)O3)cc1. The van der Waals surface area contributed by atoms with E-state index in [1.54, 1.807) is 73.3 Å². The van der Waals surface area contributed by atoms with E-state index in [0.717, 1.165) is 10.8 Å². The Morgan fingerprint density at radius 3 is 2.45 bits per heavy atom. The van der Waals surface area contributed by atoms with E-state index in [1.807, 2.05) is 49.4 Å². The van der Waals surface area contributed by atoms with Gasteiger partial charge in [0.1, 0.15) is 17.6 Å². The van der Waals surface area contributed by atoms with Crippen molar-refractivity contribution in [2.45, 2.75) is 32.4 Å². The minimum atomic E-state index is -0.492. The van der Waals surface area contributed by atoms with E-state index >= 15 is 0 Å². The summed E-state index contributed by atoms with van der Waals surface area (Å²) in [5.74, 6) is 0.787. The van der Waals surface area contributed by atoms with Gasteiger partial charge in [-0.05, 0) is 60.8 Å². The molecule has 0 spiro atoms. The molecule has 47 heavy (non-hydrogen) atoms. The zero-order valence-electron chi connectivity index (χ0n) is 27.0. The first-order valence-electron chi connectivity index (χ1n) is 15.6. The summed E-state index contributed by atoms with van der Waals surface area (Å²) in [5.41, 5.74) is 2.35. The molecule has 0 aliphatic carbocycles. The highest BCUT2D eigenvalue weighted by Gasteiger charge is 2.32. The average Bonchev–Trinajstić information content (AvgIpc) is 3.11. The van der Waals surface area contributed by atoms with Crippen molar-refractivity contribution in [3.63, 3.8) is 0 Å². The number of nitrogens with zero attached hydrogens (tertiary/aromatic N) is 2. The summed E-state index contributed by atoms with van der Waals surface area (Å²) in [6, 6.07) is 24.5. The summed E-state index contributed by atoms with van der Waals surface area (Å²) >= 11 is 0. The lowest BCUT2D eigenvalue weighted by Crippen LogP contribution is -2.48. The summed E-state index contributed by atoms with van der Waals surface area (Å²) in [5, 5.41) is 20.5. The zero-order valence-corrected chi connectivity index (χ0v) is 27.0. The number of urea groups is 2. The highest BCUT2D eigenvalue weighted by atomic mass is 16.5. The van der Waals surface area contributed by atoms with Crippen molar-refractivity contribution < 1.29 is 29.0 Å². The number of amides is 5. The Bertz CT molecular complexity index is 1720. The molecule has 0 fully saturated rings. The van der Waals surface area contributed by atoms with Crippen LogP contribution in [-0.2, 0) is 11.2 Å². The quantitative estimate of drug-likeness (QED) is 0.193. The number of rotatable bonds is 8. The Hall–Kier alpha value is -5.29. The van der Waals surface area contributed by atoms with Gasteiger partial charge in [-0.25, -0.2) is 9.59 Å². The highest BCUT2D eigenvalue weighted by Crippen LogP contribution is 2.30. The number of carbonyl (C=O) groups excluding carboxylic acids is 3. The maximum absolute atomic E-state index is 13.6. The summed E-state index contributed by atoms with van der Waals surface area (Å²) in [6.07, 6.45) is -0.486. The second-order valence-corrected chi connectivity index (χ2v) is 11.9. The lowest BCUT2D eigenvalue weighted by molar-refractivity contribution is -0.134. The number of nitrogens with one attached hydrogen (secondary N) is 3. The topological polar surface area (TPSA) is 132 Å². The molecule has 0 saturated carbocycles. The van der Waals surface area contributed by atoms with Crippen LogP contribution in [-0.4, -0.2) is 78.9 Å². The molecule has 11 nitrogen and oxygen atoms in total. The van der Waals surface area contributed by atoms with Crippen molar-refractivity contribution in [3.05, 3.63) is 90.5 Å². The molecule has 4 aromatic carbocycles. The predicted molar refractivity (Wildman–Crippen MR) is 183 cm³/mol. The van der Waals surface area contributed by atoms with Crippen LogP contribution in [0.2, 0.25) is 0 Å². The van der Waals surface area contributed by atoms with Gasteiger partial charge in [-0.1, -0.05) is 43.3 Å². The van der Waals surface area contributed by atoms with Crippen LogP contribution in [0.3, 0.4) is 0 Å². The molecule has 246 valence electrons. The van der Waals surface area contributed by atoms with Crippen LogP contribution in [0.1, 0.15) is 19.4 Å².